The fourth-order valence-corrected chi connectivity index (χ4v) is 2.04. The number of hydrogen-bond donors (Lipinski definition) is 1. The SMILES string of the molecule is CC(C)COCCn1cncc1C(CN)C(C)C. The molecule has 0 radical (unpaired) electrons. The third-order valence-corrected chi connectivity index (χ3v) is 3.11. The average molecular weight is 253 g/mol. The van der Waals surface area contributed by atoms with Crippen molar-refractivity contribution in [3.8, 4) is 0 Å². The molecule has 0 aromatic carbocycles. The van der Waals surface area contributed by atoms with E-state index in [1.165, 1.54) is 5.69 Å². The first-order valence-electron chi connectivity index (χ1n) is 6.84. The summed E-state index contributed by atoms with van der Waals surface area (Å²) in [4.78, 5) is 4.24. The van der Waals surface area contributed by atoms with Crippen molar-refractivity contribution in [2.75, 3.05) is 19.8 Å². The summed E-state index contributed by atoms with van der Waals surface area (Å²) >= 11 is 0. The molecule has 1 aromatic rings. The van der Waals surface area contributed by atoms with Gasteiger partial charge in [-0.25, -0.2) is 4.98 Å². The molecule has 4 heteroatoms. The maximum atomic E-state index is 5.86. The van der Waals surface area contributed by atoms with Crippen LogP contribution in [0.3, 0.4) is 0 Å². The average Bonchev–Trinajstić information content (AvgIpc) is 2.73. The van der Waals surface area contributed by atoms with Gasteiger partial charge in [-0.3, -0.25) is 0 Å². The van der Waals surface area contributed by atoms with Crippen molar-refractivity contribution in [3.63, 3.8) is 0 Å². The van der Waals surface area contributed by atoms with E-state index in [9.17, 15) is 0 Å². The minimum absolute atomic E-state index is 0.373. The van der Waals surface area contributed by atoms with Crippen molar-refractivity contribution in [1.82, 2.24) is 9.55 Å². The molecule has 4 nitrogen and oxygen atoms in total. The minimum atomic E-state index is 0.373. The molecule has 0 bridgehead atoms. The first-order valence-corrected chi connectivity index (χ1v) is 6.84. The Bertz CT molecular complexity index is 334. The van der Waals surface area contributed by atoms with Crippen LogP contribution < -0.4 is 5.73 Å². The van der Waals surface area contributed by atoms with Gasteiger partial charge in [-0.15, -0.1) is 0 Å². The molecule has 0 aliphatic heterocycles. The molecule has 0 fully saturated rings. The van der Waals surface area contributed by atoms with Gasteiger partial charge in [0.15, 0.2) is 0 Å². The quantitative estimate of drug-likeness (QED) is 0.723. The summed E-state index contributed by atoms with van der Waals surface area (Å²) in [6.45, 7) is 11.8. The molecular formula is C14H27N3O. The highest BCUT2D eigenvalue weighted by molar-refractivity contribution is 5.08. The molecule has 1 heterocycles. The summed E-state index contributed by atoms with van der Waals surface area (Å²) < 4.78 is 7.78. The molecule has 0 aliphatic rings. The normalized spacial score (nSPS) is 13.5. The standard InChI is InChI=1S/C14H27N3O/c1-11(2)9-18-6-5-17-10-16-8-14(17)13(7-15)12(3)4/h8,10-13H,5-7,9,15H2,1-4H3. The second-order valence-corrected chi connectivity index (χ2v) is 5.57. The fraction of sp³-hybridized carbons (Fsp3) is 0.786. The molecule has 1 rings (SSSR count). The Labute approximate surface area is 111 Å². The van der Waals surface area contributed by atoms with E-state index in [2.05, 4.69) is 37.2 Å². The van der Waals surface area contributed by atoms with E-state index in [-0.39, 0.29) is 0 Å². The van der Waals surface area contributed by atoms with Gasteiger partial charge in [-0.05, 0) is 11.8 Å². The van der Waals surface area contributed by atoms with E-state index < -0.39 is 0 Å². The zero-order valence-electron chi connectivity index (χ0n) is 12.1. The summed E-state index contributed by atoms with van der Waals surface area (Å²) in [5.74, 6) is 1.49. The number of imidazole rings is 1. The van der Waals surface area contributed by atoms with Crippen LogP contribution in [0.1, 0.15) is 39.3 Å². The van der Waals surface area contributed by atoms with Crippen LogP contribution in [0.15, 0.2) is 12.5 Å². The van der Waals surface area contributed by atoms with Gasteiger partial charge < -0.3 is 15.0 Å². The molecule has 0 saturated heterocycles. The Hall–Kier alpha value is -0.870. The third kappa shape index (κ3) is 4.42. The molecule has 1 aromatic heterocycles. The number of aromatic nitrogens is 2. The predicted octanol–water partition coefficient (Wildman–Crippen LogP) is 2.25. The number of nitrogens with zero attached hydrogens (tertiary/aromatic N) is 2. The van der Waals surface area contributed by atoms with E-state index in [0.29, 0.717) is 24.3 Å². The Morgan fingerprint density at radius 3 is 2.61 bits per heavy atom. The van der Waals surface area contributed by atoms with Crippen molar-refractivity contribution >= 4 is 0 Å². The van der Waals surface area contributed by atoms with Crippen LogP contribution in [-0.2, 0) is 11.3 Å². The van der Waals surface area contributed by atoms with Crippen LogP contribution in [0, 0.1) is 11.8 Å². The van der Waals surface area contributed by atoms with E-state index in [1.54, 1.807) is 0 Å². The summed E-state index contributed by atoms with van der Waals surface area (Å²) in [7, 11) is 0. The van der Waals surface area contributed by atoms with Crippen LogP contribution in [-0.4, -0.2) is 29.3 Å². The van der Waals surface area contributed by atoms with E-state index >= 15 is 0 Å². The van der Waals surface area contributed by atoms with Crippen molar-refractivity contribution < 1.29 is 4.74 Å². The molecule has 18 heavy (non-hydrogen) atoms. The molecule has 1 atom stereocenters. The zero-order valence-corrected chi connectivity index (χ0v) is 12.1. The topological polar surface area (TPSA) is 53.1 Å². The van der Waals surface area contributed by atoms with Gasteiger partial charge in [0.25, 0.3) is 0 Å². The van der Waals surface area contributed by atoms with Crippen molar-refractivity contribution in [3.05, 3.63) is 18.2 Å². The first kappa shape index (κ1) is 15.2. The van der Waals surface area contributed by atoms with Gasteiger partial charge in [0.2, 0.25) is 0 Å². The Morgan fingerprint density at radius 1 is 1.33 bits per heavy atom. The summed E-state index contributed by atoms with van der Waals surface area (Å²) in [5.41, 5.74) is 7.08. The largest absolute Gasteiger partial charge is 0.379 e. The van der Waals surface area contributed by atoms with E-state index in [4.69, 9.17) is 10.5 Å². The zero-order chi connectivity index (χ0) is 13.5. The molecular weight excluding hydrogens is 226 g/mol. The van der Waals surface area contributed by atoms with Crippen LogP contribution in [0.25, 0.3) is 0 Å². The summed E-state index contributed by atoms with van der Waals surface area (Å²) in [6, 6.07) is 0. The lowest BCUT2D eigenvalue weighted by atomic mass is 9.93. The Kier molecular flexibility index (Phi) is 6.36. The molecule has 2 N–H and O–H groups in total. The van der Waals surface area contributed by atoms with Crippen LogP contribution in [0.2, 0.25) is 0 Å². The monoisotopic (exact) mass is 253 g/mol. The van der Waals surface area contributed by atoms with Gasteiger partial charge in [0.05, 0.1) is 12.9 Å². The van der Waals surface area contributed by atoms with Gasteiger partial charge in [0, 0.05) is 37.5 Å². The smallest absolute Gasteiger partial charge is 0.0949 e. The highest BCUT2D eigenvalue weighted by Crippen LogP contribution is 2.22. The molecule has 104 valence electrons. The summed E-state index contributed by atoms with van der Waals surface area (Å²) in [5, 5.41) is 0. The van der Waals surface area contributed by atoms with Gasteiger partial charge >= 0.3 is 0 Å². The fourth-order valence-electron chi connectivity index (χ4n) is 2.04. The van der Waals surface area contributed by atoms with Gasteiger partial charge in [-0.2, -0.15) is 0 Å². The summed E-state index contributed by atoms with van der Waals surface area (Å²) in [6.07, 6.45) is 3.80. The number of nitrogens with two attached hydrogens (primary N) is 1. The Balaban J connectivity index is 2.54. The minimum Gasteiger partial charge on any atom is -0.379 e. The number of rotatable bonds is 8. The highest BCUT2D eigenvalue weighted by atomic mass is 16.5. The molecule has 1 unspecified atom stereocenters. The number of ether oxygens (including phenoxy) is 1. The lowest BCUT2D eigenvalue weighted by molar-refractivity contribution is 0.102. The van der Waals surface area contributed by atoms with Crippen LogP contribution >= 0.6 is 0 Å². The maximum Gasteiger partial charge on any atom is 0.0949 e. The second kappa shape index (κ2) is 7.54. The molecule has 0 spiro atoms. The van der Waals surface area contributed by atoms with Gasteiger partial charge in [-0.1, -0.05) is 27.7 Å². The van der Waals surface area contributed by atoms with Crippen molar-refractivity contribution in [1.29, 1.82) is 0 Å². The number of hydrogen-bond acceptors (Lipinski definition) is 3. The lowest BCUT2D eigenvalue weighted by Gasteiger charge is -2.20. The predicted molar refractivity (Wildman–Crippen MR) is 74.5 cm³/mol. The molecule has 0 amide bonds. The third-order valence-electron chi connectivity index (χ3n) is 3.11. The van der Waals surface area contributed by atoms with Crippen LogP contribution in [0.5, 0.6) is 0 Å². The van der Waals surface area contributed by atoms with Crippen molar-refractivity contribution in [2.45, 2.75) is 40.2 Å². The first-order chi connectivity index (χ1) is 8.56. The Morgan fingerprint density at radius 2 is 2.06 bits per heavy atom. The molecule has 0 aliphatic carbocycles. The van der Waals surface area contributed by atoms with E-state index in [1.807, 2.05) is 12.5 Å². The van der Waals surface area contributed by atoms with E-state index in [0.717, 1.165) is 19.8 Å². The van der Waals surface area contributed by atoms with Crippen LogP contribution in [0.4, 0.5) is 0 Å². The highest BCUT2D eigenvalue weighted by Gasteiger charge is 2.17. The molecule has 0 saturated carbocycles. The maximum absolute atomic E-state index is 5.86. The second-order valence-electron chi connectivity index (χ2n) is 5.57. The van der Waals surface area contributed by atoms with Gasteiger partial charge in [0.1, 0.15) is 0 Å². The lowest BCUT2D eigenvalue weighted by Crippen LogP contribution is -2.22. The van der Waals surface area contributed by atoms with Crippen molar-refractivity contribution in [2.24, 2.45) is 17.6 Å².